The first kappa shape index (κ1) is 14.8. The minimum Gasteiger partial charge on any atom is -0.341 e. The van der Waals surface area contributed by atoms with E-state index >= 15 is 0 Å². The molecule has 110 valence electrons. The summed E-state index contributed by atoms with van der Waals surface area (Å²) in [6.45, 7) is 6.73. The highest BCUT2D eigenvalue weighted by atomic mass is 16.2. The van der Waals surface area contributed by atoms with E-state index in [1.807, 2.05) is 11.9 Å². The normalized spacial score (nSPS) is 26.3. The van der Waals surface area contributed by atoms with Crippen LogP contribution in [0.1, 0.15) is 45.4 Å². The summed E-state index contributed by atoms with van der Waals surface area (Å²) in [7, 11) is 2.00. The Morgan fingerprint density at radius 2 is 2.00 bits per heavy atom. The van der Waals surface area contributed by atoms with Crippen molar-refractivity contribution in [3.63, 3.8) is 0 Å². The molecule has 0 aliphatic carbocycles. The van der Waals surface area contributed by atoms with Crippen molar-refractivity contribution in [2.24, 2.45) is 0 Å². The summed E-state index contributed by atoms with van der Waals surface area (Å²) in [6, 6.07) is 0.525. The second kappa shape index (κ2) is 7.25. The Morgan fingerprint density at radius 3 is 2.58 bits per heavy atom. The summed E-state index contributed by atoms with van der Waals surface area (Å²) in [5.74, 6) is 0.314. The maximum absolute atomic E-state index is 12.5. The highest BCUT2D eigenvalue weighted by Gasteiger charge is 2.29. The van der Waals surface area contributed by atoms with E-state index in [1.54, 1.807) is 0 Å². The fraction of sp³-hybridized carbons (Fsp3) is 0.933. The second-order valence-electron chi connectivity index (χ2n) is 6.02. The Bertz CT molecular complexity index is 281. The van der Waals surface area contributed by atoms with E-state index in [2.05, 4.69) is 17.1 Å². The van der Waals surface area contributed by atoms with Gasteiger partial charge >= 0.3 is 0 Å². The third-order valence-electron chi connectivity index (χ3n) is 4.60. The van der Waals surface area contributed by atoms with Crippen molar-refractivity contribution in [2.45, 2.75) is 57.5 Å². The molecular formula is C15H29N3O. The molecule has 1 N–H and O–H groups in total. The largest absolute Gasteiger partial charge is 0.341 e. The van der Waals surface area contributed by atoms with Gasteiger partial charge in [0, 0.05) is 26.2 Å². The van der Waals surface area contributed by atoms with Crippen LogP contribution in [0.3, 0.4) is 0 Å². The maximum atomic E-state index is 12.5. The quantitative estimate of drug-likeness (QED) is 0.837. The van der Waals surface area contributed by atoms with Crippen molar-refractivity contribution in [3.05, 3.63) is 0 Å². The molecule has 2 saturated heterocycles. The molecule has 0 aromatic rings. The van der Waals surface area contributed by atoms with Crippen molar-refractivity contribution in [1.82, 2.24) is 15.1 Å². The van der Waals surface area contributed by atoms with Crippen LogP contribution in [0, 0.1) is 0 Å². The Kier molecular flexibility index (Phi) is 5.64. The molecule has 0 aromatic heterocycles. The van der Waals surface area contributed by atoms with Crippen molar-refractivity contribution >= 4 is 5.91 Å². The van der Waals surface area contributed by atoms with E-state index in [1.165, 1.54) is 25.8 Å². The van der Waals surface area contributed by atoms with Gasteiger partial charge < -0.3 is 15.1 Å². The number of hydrogen-bond donors (Lipinski definition) is 1. The van der Waals surface area contributed by atoms with Gasteiger partial charge in [0.1, 0.15) is 0 Å². The van der Waals surface area contributed by atoms with E-state index in [0.717, 1.165) is 38.9 Å². The second-order valence-corrected chi connectivity index (χ2v) is 6.02. The first-order valence-electron chi connectivity index (χ1n) is 7.94. The predicted octanol–water partition coefficient (Wildman–Crippen LogP) is 1.46. The molecular weight excluding hydrogens is 238 g/mol. The molecule has 1 unspecified atom stereocenters. The summed E-state index contributed by atoms with van der Waals surface area (Å²) in [5, 5.41) is 3.37. The number of rotatable bonds is 4. The number of carbonyl (C=O) groups is 1. The molecule has 2 aliphatic rings. The smallest absolute Gasteiger partial charge is 0.239 e. The third-order valence-corrected chi connectivity index (χ3v) is 4.60. The van der Waals surface area contributed by atoms with Crippen LogP contribution >= 0.6 is 0 Å². The average molecular weight is 267 g/mol. The minimum atomic E-state index is 0.0763. The van der Waals surface area contributed by atoms with Gasteiger partial charge in [0.15, 0.2) is 0 Å². The number of likely N-dealkylation sites (N-methyl/N-ethyl adjacent to an activating group) is 1. The molecule has 0 bridgehead atoms. The summed E-state index contributed by atoms with van der Waals surface area (Å²) >= 11 is 0. The number of piperidine rings is 2. The van der Waals surface area contributed by atoms with E-state index < -0.39 is 0 Å². The SMILES string of the molecule is CCCN1CCC(N(C)C(=O)C2CCCCN2)CC1. The molecule has 2 aliphatic heterocycles. The van der Waals surface area contributed by atoms with Gasteiger partial charge in [-0.25, -0.2) is 0 Å². The molecule has 0 radical (unpaired) electrons. The van der Waals surface area contributed by atoms with Gasteiger partial charge in [-0.15, -0.1) is 0 Å². The van der Waals surface area contributed by atoms with E-state index in [4.69, 9.17) is 0 Å². The fourth-order valence-electron chi connectivity index (χ4n) is 3.33. The maximum Gasteiger partial charge on any atom is 0.239 e. The van der Waals surface area contributed by atoms with E-state index in [0.29, 0.717) is 11.9 Å². The Hall–Kier alpha value is -0.610. The molecule has 19 heavy (non-hydrogen) atoms. The molecule has 1 atom stereocenters. The number of hydrogen-bond acceptors (Lipinski definition) is 3. The average Bonchev–Trinajstić information content (AvgIpc) is 2.48. The topological polar surface area (TPSA) is 35.6 Å². The first-order chi connectivity index (χ1) is 9.22. The minimum absolute atomic E-state index is 0.0763. The number of likely N-dealkylation sites (tertiary alicyclic amines) is 1. The monoisotopic (exact) mass is 267 g/mol. The molecule has 2 heterocycles. The number of nitrogens with one attached hydrogen (secondary N) is 1. The van der Waals surface area contributed by atoms with Gasteiger partial charge in [-0.05, 0) is 45.2 Å². The van der Waals surface area contributed by atoms with Crippen LogP contribution < -0.4 is 5.32 Å². The van der Waals surface area contributed by atoms with Crippen molar-refractivity contribution < 1.29 is 4.79 Å². The number of carbonyl (C=O) groups excluding carboxylic acids is 1. The molecule has 0 spiro atoms. The molecule has 2 fully saturated rings. The molecule has 1 amide bonds. The lowest BCUT2D eigenvalue weighted by Gasteiger charge is -2.38. The van der Waals surface area contributed by atoms with Gasteiger partial charge in [-0.1, -0.05) is 13.3 Å². The van der Waals surface area contributed by atoms with Gasteiger partial charge in [-0.2, -0.15) is 0 Å². The van der Waals surface area contributed by atoms with Crippen LogP contribution in [0.25, 0.3) is 0 Å². The van der Waals surface area contributed by atoms with Gasteiger partial charge in [0.2, 0.25) is 5.91 Å². The number of amides is 1. The summed E-state index contributed by atoms with van der Waals surface area (Å²) in [6.07, 6.45) is 6.91. The highest BCUT2D eigenvalue weighted by molar-refractivity contribution is 5.82. The lowest BCUT2D eigenvalue weighted by atomic mass is 10.00. The van der Waals surface area contributed by atoms with Crippen LogP contribution in [0.2, 0.25) is 0 Å². The standard InChI is InChI=1S/C15H29N3O/c1-3-10-18-11-7-13(8-12-18)17(2)15(19)14-6-4-5-9-16-14/h13-14,16H,3-12H2,1-2H3. The zero-order valence-corrected chi connectivity index (χ0v) is 12.5. The van der Waals surface area contributed by atoms with E-state index in [9.17, 15) is 4.79 Å². The van der Waals surface area contributed by atoms with Crippen molar-refractivity contribution in [3.8, 4) is 0 Å². The van der Waals surface area contributed by atoms with Crippen LogP contribution in [-0.4, -0.2) is 61.0 Å². The molecule has 4 heteroatoms. The predicted molar refractivity (Wildman–Crippen MR) is 78.2 cm³/mol. The van der Waals surface area contributed by atoms with Crippen molar-refractivity contribution in [1.29, 1.82) is 0 Å². The molecule has 0 aromatic carbocycles. The molecule has 2 rings (SSSR count). The molecule has 0 saturated carbocycles. The Morgan fingerprint density at radius 1 is 1.26 bits per heavy atom. The summed E-state index contributed by atoms with van der Waals surface area (Å²) < 4.78 is 0. The first-order valence-corrected chi connectivity index (χ1v) is 7.94. The lowest BCUT2D eigenvalue weighted by molar-refractivity contribution is -0.135. The van der Waals surface area contributed by atoms with Crippen LogP contribution in [0.15, 0.2) is 0 Å². The van der Waals surface area contributed by atoms with Gasteiger partial charge in [-0.3, -0.25) is 4.79 Å². The van der Waals surface area contributed by atoms with E-state index in [-0.39, 0.29) is 6.04 Å². The zero-order chi connectivity index (χ0) is 13.7. The van der Waals surface area contributed by atoms with Crippen molar-refractivity contribution in [2.75, 3.05) is 33.2 Å². The zero-order valence-electron chi connectivity index (χ0n) is 12.5. The Balaban J connectivity index is 1.79. The Labute approximate surface area is 117 Å². The highest BCUT2D eigenvalue weighted by Crippen LogP contribution is 2.18. The molecule has 4 nitrogen and oxygen atoms in total. The van der Waals surface area contributed by atoms with Gasteiger partial charge in [0.25, 0.3) is 0 Å². The van der Waals surface area contributed by atoms with Crippen LogP contribution in [0.4, 0.5) is 0 Å². The lowest BCUT2D eigenvalue weighted by Crippen LogP contribution is -2.52. The number of nitrogens with zero attached hydrogens (tertiary/aromatic N) is 2. The summed E-state index contributed by atoms with van der Waals surface area (Å²) in [5.41, 5.74) is 0. The van der Waals surface area contributed by atoms with Crippen LogP contribution in [-0.2, 0) is 4.79 Å². The fourth-order valence-corrected chi connectivity index (χ4v) is 3.33. The third kappa shape index (κ3) is 3.93. The van der Waals surface area contributed by atoms with Gasteiger partial charge in [0.05, 0.1) is 6.04 Å². The summed E-state index contributed by atoms with van der Waals surface area (Å²) in [4.78, 5) is 17.0. The van der Waals surface area contributed by atoms with Crippen LogP contribution in [0.5, 0.6) is 0 Å².